The Labute approximate surface area is 289 Å². The van der Waals surface area contributed by atoms with E-state index >= 15 is 13.2 Å². The molecule has 4 aliphatic carbocycles. The number of carbonyl (C=O) groups excluding carboxylic acids is 1. The summed E-state index contributed by atoms with van der Waals surface area (Å²) in [5.74, 6) is -26.3. The summed E-state index contributed by atoms with van der Waals surface area (Å²) in [4.78, 5) is 13.9. The van der Waals surface area contributed by atoms with Crippen LogP contribution >= 0.6 is 0 Å². The molecule has 0 radical (unpaired) electrons. The van der Waals surface area contributed by atoms with Crippen LogP contribution in [0.3, 0.4) is 0 Å². The Morgan fingerprint density at radius 1 is 0.673 bits per heavy atom. The molecule has 0 amide bonds. The number of carbonyl (C=O) groups is 1. The topological polar surface area (TPSA) is 107 Å². The van der Waals surface area contributed by atoms with Gasteiger partial charge in [0.1, 0.15) is 11.7 Å². The summed E-state index contributed by atoms with van der Waals surface area (Å²) in [7, 11) is 0. The van der Waals surface area contributed by atoms with E-state index in [0.717, 1.165) is 0 Å². The van der Waals surface area contributed by atoms with Crippen molar-refractivity contribution in [1.82, 2.24) is 0 Å². The van der Waals surface area contributed by atoms with Gasteiger partial charge in [0.15, 0.2) is 5.41 Å². The normalized spacial score (nSPS) is 35.2. The smallest absolute Gasteiger partial charge is 0.449 e. The lowest BCUT2D eigenvalue weighted by molar-refractivity contribution is -0.432. The van der Waals surface area contributed by atoms with Gasteiger partial charge in [-0.3, -0.25) is 4.79 Å². The summed E-state index contributed by atoms with van der Waals surface area (Å²) in [6.07, 6.45) is -32.1. The second-order valence-corrected chi connectivity index (χ2v) is 16.6. The summed E-state index contributed by atoms with van der Waals surface area (Å²) in [5.41, 5.74) is -10.1. The molecular weight excluding hydrogens is 746 g/mol. The lowest BCUT2D eigenvalue weighted by Gasteiger charge is -2.50. The monoisotopic (exact) mass is 788 g/mol. The predicted molar refractivity (Wildman–Crippen MR) is 150 cm³/mol. The standard InChI is InChI=1S/C32H42F14O6/c1-12-18-7-14(8-19(18)22(47)27(33,34)28(50,51)32(44,45)46)20(12)11-25(29(35,36)37,23(48)52-24(3,4)5)21-13(2)17-9-15(21)6-16(17)10-26(49,30(38,39)40)31(41,42)43/h12-22,47,49-51H,6-11H2,1-5H3. The Morgan fingerprint density at radius 2 is 1.17 bits per heavy atom. The van der Waals surface area contributed by atoms with Gasteiger partial charge in [0.25, 0.3) is 5.60 Å². The molecule has 4 N–H and O–H groups in total. The second-order valence-electron chi connectivity index (χ2n) is 16.6. The van der Waals surface area contributed by atoms with E-state index in [-0.39, 0.29) is 12.8 Å². The van der Waals surface area contributed by atoms with Gasteiger partial charge in [-0.05, 0) is 118 Å². The average molecular weight is 789 g/mol. The van der Waals surface area contributed by atoms with Gasteiger partial charge in [-0.25, -0.2) is 0 Å². The molecule has 304 valence electrons. The van der Waals surface area contributed by atoms with Crippen molar-refractivity contribution >= 4 is 5.97 Å². The van der Waals surface area contributed by atoms with Crippen LogP contribution in [0.2, 0.25) is 0 Å². The molecule has 20 heteroatoms. The number of aliphatic hydroxyl groups excluding tert-OH is 1. The van der Waals surface area contributed by atoms with E-state index in [0.29, 0.717) is 0 Å². The van der Waals surface area contributed by atoms with Gasteiger partial charge in [0.05, 0.1) is 0 Å². The van der Waals surface area contributed by atoms with Gasteiger partial charge in [-0.15, -0.1) is 0 Å². The number of halogens is 14. The largest absolute Gasteiger partial charge is 0.459 e. The molecule has 0 aromatic heterocycles. The molecular formula is C32H42F14O6. The van der Waals surface area contributed by atoms with Crippen LogP contribution in [0, 0.1) is 64.6 Å². The maximum atomic E-state index is 15.7. The highest BCUT2D eigenvalue weighted by atomic mass is 19.4. The molecule has 4 rings (SSSR count). The van der Waals surface area contributed by atoms with Crippen molar-refractivity contribution in [3.8, 4) is 0 Å². The summed E-state index contributed by atoms with van der Waals surface area (Å²) < 4.78 is 203. The SMILES string of the molecule is CC1C(CC(C(=O)OC(C)(C)C)(C2C3CC(CC(O)(C(F)(F)F)C(F)(F)F)C(C3)C2C)C(F)(F)F)C2CC1C(C(O)C(F)(F)C(O)(O)C(F)(F)F)C2. The van der Waals surface area contributed by atoms with E-state index < -0.39 is 150 Å². The van der Waals surface area contributed by atoms with E-state index in [4.69, 9.17) is 4.74 Å². The first kappa shape index (κ1) is 43.1. The number of rotatable bonds is 9. The average Bonchev–Trinajstić information content (AvgIpc) is 3.68. The Bertz CT molecular complexity index is 1320. The predicted octanol–water partition coefficient (Wildman–Crippen LogP) is 7.57. The molecule has 12 atom stereocenters. The molecule has 4 fully saturated rings. The summed E-state index contributed by atoms with van der Waals surface area (Å²) >= 11 is 0. The fourth-order valence-electron chi connectivity index (χ4n) is 10.4. The highest BCUT2D eigenvalue weighted by molar-refractivity contribution is 5.79. The first-order chi connectivity index (χ1) is 23.0. The highest BCUT2D eigenvalue weighted by Gasteiger charge is 2.77. The molecule has 0 aromatic rings. The third kappa shape index (κ3) is 6.57. The van der Waals surface area contributed by atoms with Gasteiger partial charge in [0.2, 0.25) is 0 Å². The Hall–Kier alpha value is -1.67. The van der Waals surface area contributed by atoms with E-state index in [1.54, 1.807) is 0 Å². The third-order valence-electron chi connectivity index (χ3n) is 12.7. The van der Waals surface area contributed by atoms with Gasteiger partial charge in [0, 0.05) is 0 Å². The minimum Gasteiger partial charge on any atom is -0.459 e. The number of aliphatic hydroxyl groups is 4. The van der Waals surface area contributed by atoms with Gasteiger partial charge in [-0.2, -0.15) is 61.5 Å². The lowest BCUT2D eigenvalue weighted by atomic mass is 9.56. The Balaban J connectivity index is 1.70. The van der Waals surface area contributed by atoms with E-state index in [2.05, 4.69) is 0 Å². The van der Waals surface area contributed by atoms with Crippen molar-refractivity contribution < 1.29 is 91.4 Å². The first-order valence-corrected chi connectivity index (χ1v) is 16.7. The number of hydrogen-bond donors (Lipinski definition) is 4. The van der Waals surface area contributed by atoms with Crippen LogP contribution in [0.4, 0.5) is 61.5 Å². The van der Waals surface area contributed by atoms with Crippen molar-refractivity contribution in [3.63, 3.8) is 0 Å². The fourth-order valence-corrected chi connectivity index (χ4v) is 10.4. The second kappa shape index (κ2) is 12.7. The molecule has 6 nitrogen and oxygen atoms in total. The molecule has 0 spiro atoms. The molecule has 12 unspecified atom stereocenters. The Kier molecular flexibility index (Phi) is 10.5. The van der Waals surface area contributed by atoms with Crippen molar-refractivity contribution in [1.29, 1.82) is 0 Å². The van der Waals surface area contributed by atoms with Crippen LogP contribution in [0.25, 0.3) is 0 Å². The lowest BCUT2D eigenvalue weighted by Crippen LogP contribution is -2.65. The van der Waals surface area contributed by atoms with Crippen LogP contribution in [0.1, 0.15) is 73.1 Å². The zero-order valence-electron chi connectivity index (χ0n) is 28.5. The maximum Gasteiger partial charge on any atom is 0.449 e. The maximum absolute atomic E-state index is 15.7. The third-order valence-corrected chi connectivity index (χ3v) is 12.7. The van der Waals surface area contributed by atoms with Gasteiger partial charge >= 0.3 is 42.4 Å². The number of alkyl halides is 14. The molecule has 52 heavy (non-hydrogen) atoms. The number of hydrogen-bond acceptors (Lipinski definition) is 6. The Morgan fingerprint density at radius 3 is 1.58 bits per heavy atom. The molecule has 0 aromatic carbocycles. The first-order valence-electron chi connectivity index (χ1n) is 16.7. The quantitative estimate of drug-likeness (QED) is 0.109. The summed E-state index contributed by atoms with van der Waals surface area (Å²) in [5, 5.41) is 38.8. The van der Waals surface area contributed by atoms with Crippen molar-refractivity contribution in [3.05, 3.63) is 0 Å². The molecule has 4 saturated carbocycles. The van der Waals surface area contributed by atoms with E-state index in [1.165, 1.54) is 34.6 Å². The van der Waals surface area contributed by atoms with Crippen LogP contribution in [-0.2, 0) is 9.53 Å². The molecule has 0 saturated heterocycles. The van der Waals surface area contributed by atoms with Crippen LogP contribution in [0.15, 0.2) is 0 Å². The van der Waals surface area contributed by atoms with Crippen LogP contribution < -0.4 is 0 Å². The number of esters is 1. The number of fused-ring (bicyclic) bond motifs is 4. The van der Waals surface area contributed by atoms with E-state index in [1.807, 2.05) is 0 Å². The van der Waals surface area contributed by atoms with Crippen molar-refractivity contribution in [2.24, 2.45) is 64.6 Å². The van der Waals surface area contributed by atoms with Crippen molar-refractivity contribution in [2.75, 3.05) is 0 Å². The summed E-state index contributed by atoms with van der Waals surface area (Å²) in [6, 6.07) is 0. The van der Waals surface area contributed by atoms with Crippen LogP contribution in [0.5, 0.6) is 0 Å². The molecule has 4 aliphatic rings. The summed E-state index contributed by atoms with van der Waals surface area (Å²) in [6.45, 7) is 6.24. The fraction of sp³-hybridized carbons (Fsp3) is 0.969. The molecule has 0 aliphatic heterocycles. The molecule has 0 heterocycles. The molecule has 4 bridgehead atoms. The zero-order valence-corrected chi connectivity index (χ0v) is 28.5. The van der Waals surface area contributed by atoms with E-state index in [9.17, 15) is 73.5 Å². The van der Waals surface area contributed by atoms with Crippen molar-refractivity contribution in [2.45, 2.75) is 127 Å². The van der Waals surface area contributed by atoms with Crippen LogP contribution in [-0.4, -0.2) is 80.1 Å². The zero-order chi connectivity index (χ0) is 40.4. The van der Waals surface area contributed by atoms with Gasteiger partial charge in [-0.1, -0.05) is 13.8 Å². The number of ether oxygens (including phenoxy) is 1. The minimum atomic E-state index is -6.31. The van der Waals surface area contributed by atoms with Gasteiger partial charge < -0.3 is 25.2 Å². The highest BCUT2D eigenvalue weighted by Crippen LogP contribution is 2.70. The minimum absolute atomic E-state index is 0.191.